The second-order valence-corrected chi connectivity index (χ2v) is 5.24. The highest BCUT2D eigenvalue weighted by atomic mass is 16.5. The summed E-state index contributed by atoms with van der Waals surface area (Å²) in [7, 11) is 1.52. The lowest BCUT2D eigenvalue weighted by molar-refractivity contribution is -0.0157. The Morgan fingerprint density at radius 2 is 2.52 bits per heavy atom. The third-order valence-corrected chi connectivity index (χ3v) is 3.43. The van der Waals surface area contributed by atoms with Crippen LogP contribution in [0.15, 0.2) is 12.3 Å². The Morgan fingerprint density at radius 1 is 1.71 bits per heavy atom. The maximum Gasteiger partial charge on any atom is 0.215 e. The number of aliphatic hydroxyl groups excluding tert-OH is 1. The van der Waals surface area contributed by atoms with E-state index >= 15 is 0 Å². The molecule has 7 heteroatoms. The number of methoxy groups -OCH3 is 1. The molecular weight excluding hydrogens is 272 g/mol. The number of aromatic nitrogens is 1. The molecule has 1 aliphatic heterocycles. The summed E-state index contributed by atoms with van der Waals surface area (Å²) in [5.74, 6) is 0.427. The molecule has 1 fully saturated rings. The van der Waals surface area contributed by atoms with Crippen LogP contribution in [0.3, 0.4) is 0 Å². The number of pyridine rings is 1. The Kier molecular flexibility index (Phi) is 4.96. The number of hydrogen-bond donors (Lipinski definition) is 3. The zero-order valence-electron chi connectivity index (χ0n) is 12.2. The molecule has 7 nitrogen and oxygen atoms in total. The van der Waals surface area contributed by atoms with Crippen LogP contribution >= 0.6 is 0 Å². The van der Waals surface area contributed by atoms with Gasteiger partial charge >= 0.3 is 0 Å². The SMILES string of the molecule is COc1cc(NC[C@]2(CO)COC[C@@H](C)N2)c(C#N)cn1. The van der Waals surface area contributed by atoms with Crippen molar-refractivity contribution in [1.29, 1.82) is 5.26 Å². The highest BCUT2D eigenvalue weighted by molar-refractivity contribution is 5.58. The van der Waals surface area contributed by atoms with Crippen molar-refractivity contribution in [2.24, 2.45) is 0 Å². The lowest BCUT2D eigenvalue weighted by atomic mass is 9.98. The molecule has 2 atom stereocenters. The zero-order chi connectivity index (χ0) is 15.3. The molecule has 0 bridgehead atoms. The van der Waals surface area contributed by atoms with Gasteiger partial charge in [0.2, 0.25) is 5.88 Å². The van der Waals surface area contributed by atoms with Gasteiger partial charge in [0.1, 0.15) is 6.07 Å². The third-order valence-electron chi connectivity index (χ3n) is 3.43. The molecule has 0 unspecified atom stereocenters. The first-order chi connectivity index (χ1) is 10.1. The quantitative estimate of drug-likeness (QED) is 0.708. The Balaban J connectivity index is 2.12. The second-order valence-electron chi connectivity index (χ2n) is 5.24. The van der Waals surface area contributed by atoms with Crippen molar-refractivity contribution >= 4 is 5.69 Å². The van der Waals surface area contributed by atoms with Gasteiger partial charge in [-0.3, -0.25) is 0 Å². The fraction of sp³-hybridized carbons (Fsp3) is 0.571. The largest absolute Gasteiger partial charge is 0.481 e. The van der Waals surface area contributed by atoms with E-state index in [-0.39, 0.29) is 12.6 Å². The monoisotopic (exact) mass is 292 g/mol. The molecule has 1 saturated heterocycles. The van der Waals surface area contributed by atoms with E-state index in [0.717, 1.165) is 0 Å². The summed E-state index contributed by atoms with van der Waals surface area (Å²) in [5, 5.41) is 25.3. The molecule has 0 aromatic carbocycles. The van der Waals surface area contributed by atoms with Crippen molar-refractivity contribution in [2.45, 2.75) is 18.5 Å². The molecule has 3 N–H and O–H groups in total. The number of hydrogen-bond acceptors (Lipinski definition) is 7. The van der Waals surface area contributed by atoms with E-state index in [0.29, 0.717) is 36.9 Å². The molecule has 0 radical (unpaired) electrons. The van der Waals surface area contributed by atoms with Crippen molar-refractivity contribution in [3.8, 4) is 11.9 Å². The number of nitrogens with zero attached hydrogens (tertiary/aromatic N) is 2. The van der Waals surface area contributed by atoms with Gasteiger partial charge in [-0.25, -0.2) is 4.98 Å². The van der Waals surface area contributed by atoms with Crippen LogP contribution in [0.25, 0.3) is 0 Å². The highest BCUT2D eigenvalue weighted by Gasteiger charge is 2.34. The highest BCUT2D eigenvalue weighted by Crippen LogP contribution is 2.21. The summed E-state index contributed by atoms with van der Waals surface area (Å²) in [6.07, 6.45) is 1.46. The molecule has 1 aromatic rings. The summed E-state index contributed by atoms with van der Waals surface area (Å²) < 4.78 is 10.6. The number of rotatable bonds is 5. The maximum absolute atomic E-state index is 9.68. The minimum absolute atomic E-state index is 0.0611. The molecule has 114 valence electrons. The predicted molar refractivity (Wildman–Crippen MR) is 77.2 cm³/mol. The number of anilines is 1. The molecular formula is C14H20N4O3. The summed E-state index contributed by atoms with van der Waals surface area (Å²) in [6, 6.07) is 3.90. The van der Waals surface area contributed by atoms with Crippen molar-refractivity contribution in [1.82, 2.24) is 10.3 Å². The van der Waals surface area contributed by atoms with Gasteiger partial charge in [0.15, 0.2) is 0 Å². The fourth-order valence-corrected chi connectivity index (χ4v) is 2.33. The van der Waals surface area contributed by atoms with E-state index < -0.39 is 5.54 Å². The van der Waals surface area contributed by atoms with Gasteiger partial charge in [0, 0.05) is 18.7 Å². The lowest BCUT2D eigenvalue weighted by Gasteiger charge is -2.40. The molecule has 1 aliphatic rings. The molecule has 21 heavy (non-hydrogen) atoms. The van der Waals surface area contributed by atoms with Gasteiger partial charge in [-0.2, -0.15) is 5.26 Å². The number of morpholine rings is 1. The molecule has 0 saturated carbocycles. The summed E-state index contributed by atoms with van der Waals surface area (Å²) >= 11 is 0. The van der Waals surface area contributed by atoms with E-state index in [1.165, 1.54) is 13.3 Å². The second kappa shape index (κ2) is 6.72. The van der Waals surface area contributed by atoms with Crippen molar-refractivity contribution in [3.05, 3.63) is 17.8 Å². The zero-order valence-corrected chi connectivity index (χ0v) is 12.2. The normalized spacial score (nSPS) is 25.1. The van der Waals surface area contributed by atoms with Crippen LogP contribution < -0.4 is 15.4 Å². The minimum atomic E-state index is -0.569. The van der Waals surface area contributed by atoms with Gasteiger partial charge < -0.3 is 25.2 Å². The summed E-state index contributed by atoms with van der Waals surface area (Å²) in [4.78, 5) is 4.00. The standard InChI is InChI=1S/C14H20N4O3/c1-10-6-21-9-14(8-19,18-10)7-17-12-3-13(20-2)16-5-11(12)4-15/h3,5,10,18-19H,6-9H2,1-2H3,(H,16,17)/t10-,14+/m1/s1. The molecule has 1 aromatic heterocycles. The van der Waals surface area contributed by atoms with Crippen molar-refractivity contribution in [3.63, 3.8) is 0 Å². The average molecular weight is 292 g/mol. The lowest BCUT2D eigenvalue weighted by Crippen LogP contribution is -2.63. The smallest absolute Gasteiger partial charge is 0.215 e. The van der Waals surface area contributed by atoms with Gasteiger partial charge in [0.25, 0.3) is 0 Å². The molecule has 2 rings (SSSR count). The van der Waals surface area contributed by atoms with E-state index in [1.807, 2.05) is 6.92 Å². The van der Waals surface area contributed by atoms with E-state index in [2.05, 4.69) is 21.7 Å². The fourth-order valence-electron chi connectivity index (χ4n) is 2.33. The topological polar surface area (TPSA) is 99.4 Å². The Morgan fingerprint density at radius 3 is 3.14 bits per heavy atom. The van der Waals surface area contributed by atoms with Crippen molar-refractivity contribution < 1.29 is 14.6 Å². The summed E-state index contributed by atoms with van der Waals surface area (Å²) in [6.45, 7) is 3.39. The van der Waals surface area contributed by atoms with Crippen LogP contribution in [0.5, 0.6) is 5.88 Å². The Hall–Kier alpha value is -1.88. The number of ether oxygens (including phenoxy) is 2. The number of nitrogens with one attached hydrogen (secondary N) is 2. The first-order valence-electron chi connectivity index (χ1n) is 6.77. The number of nitriles is 1. The molecule has 0 amide bonds. The van der Waals surface area contributed by atoms with Gasteiger partial charge in [-0.05, 0) is 6.92 Å². The van der Waals surface area contributed by atoms with Crippen molar-refractivity contribution in [2.75, 3.05) is 38.8 Å². The van der Waals surface area contributed by atoms with Crippen LogP contribution in [-0.2, 0) is 4.74 Å². The molecule has 0 aliphatic carbocycles. The van der Waals surface area contributed by atoms with Crippen LogP contribution in [0, 0.1) is 11.3 Å². The van der Waals surface area contributed by atoms with E-state index in [4.69, 9.17) is 14.7 Å². The van der Waals surface area contributed by atoms with Gasteiger partial charge in [0.05, 0.1) is 49.9 Å². The van der Waals surface area contributed by atoms with Crippen LogP contribution in [-0.4, -0.2) is 55.1 Å². The Bertz CT molecular complexity index is 531. The third kappa shape index (κ3) is 3.61. The number of aliphatic hydroxyl groups is 1. The van der Waals surface area contributed by atoms with Gasteiger partial charge in [-0.15, -0.1) is 0 Å². The van der Waals surface area contributed by atoms with Crippen LogP contribution in [0.1, 0.15) is 12.5 Å². The van der Waals surface area contributed by atoms with E-state index in [1.54, 1.807) is 6.07 Å². The first kappa shape index (κ1) is 15.5. The van der Waals surface area contributed by atoms with E-state index in [9.17, 15) is 5.11 Å². The molecule has 2 heterocycles. The maximum atomic E-state index is 9.68. The first-order valence-corrected chi connectivity index (χ1v) is 6.77. The summed E-state index contributed by atoms with van der Waals surface area (Å²) in [5.41, 5.74) is 0.479. The average Bonchev–Trinajstić information content (AvgIpc) is 2.52. The van der Waals surface area contributed by atoms with Crippen LogP contribution in [0.2, 0.25) is 0 Å². The van der Waals surface area contributed by atoms with Gasteiger partial charge in [-0.1, -0.05) is 0 Å². The molecule has 0 spiro atoms. The predicted octanol–water partition coefficient (Wildman–Crippen LogP) is 0.113. The minimum Gasteiger partial charge on any atom is -0.481 e. The van der Waals surface area contributed by atoms with Crippen LogP contribution in [0.4, 0.5) is 5.69 Å². The Labute approximate surface area is 123 Å².